The van der Waals surface area contributed by atoms with Gasteiger partial charge in [-0.2, -0.15) is 0 Å². The van der Waals surface area contributed by atoms with Crippen LogP contribution in [0.3, 0.4) is 0 Å². The molecule has 3 rings (SSSR count). The van der Waals surface area contributed by atoms with Crippen LogP contribution in [0.4, 0.5) is 0 Å². The van der Waals surface area contributed by atoms with Crippen molar-refractivity contribution in [3.8, 4) is 0 Å². The third kappa shape index (κ3) is 5.00. The number of carbonyl (C=O) groups excluding carboxylic acids is 2. The Morgan fingerprint density at radius 3 is 2.37 bits per heavy atom. The van der Waals surface area contributed by atoms with E-state index in [0.717, 1.165) is 32.1 Å². The number of benzene rings is 1. The monoisotopic (exact) mass is 368 g/mol. The van der Waals surface area contributed by atoms with Gasteiger partial charge < -0.3 is 10.2 Å². The summed E-state index contributed by atoms with van der Waals surface area (Å²) < 4.78 is 0. The molecule has 0 radical (unpaired) electrons. The Balaban J connectivity index is 1.62. The zero-order valence-corrected chi connectivity index (χ0v) is 16.6. The van der Waals surface area contributed by atoms with Crippen LogP contribution in [0.15, 0.2) is 36.4 Å². The molecular formula is C23H32N2O2. The van der Waals surface area contributed by atoms with Gasteiger partial charge in [-0.05, 0) is 36.3 Å². The second kappa shape index (κ2) is 9.20. The molecule has 1 aromatic rings. The summed E-state index contributed by atoms with van der Waals surface area (Å²) in [6, 6.07) is 9.92. The van der Waals surface area contributed by atoms with Gasteiger partial charge in [0.15, 0.2) is 0 Å². The zero-order chi connectivity index (χ0) is 19.2. The Labute approximate surface area is 163 Å². The first-order valence-corrected chi connectivity index (χ1v) is 10.4. The molecule has 1 fully saturated rings. The first kappa shape index (κ1) is 19.7. The highest BCUT2D eigenvalue weighted by molar-refractivity contribution is 5.89. The zero-order valence-electron chi connectivity index (χ0n) is 16.6. The highest BCUT2D eigenvalue weighted by Crippen LogP contribution is 2.25. The van der Waals surface area contributed by atoms with Crippen LogP contribution in [-0.2, 0) is 9.59 Å². The minimum Gasteiger partial charge on any atom is -0.344 e. The summed E-state index contributed by atoms with van der Waals surface area (Å²) in [5.74, 6) is 0.292. The Hall–Kier alpha value is -2.10. The van der Waals surface area contributed by atoms with Gasteiger partial charge >= 0.3 is 0 Å². The molecule has 1 aliphatic heterocycles. The second-order valence-electron chi connectivity index (χ2n) is 8.19. The molecule has 0 bridgehead atoms. The predicted octanol–water partition coefficient (Wildman–Crippen LogP) is 4.02. The van der Waals surface area contributed by atoms with Crippen molar-refractivity contribution >= 4 is 17.4 Å². The Kier molecular flexibility index (Phi) is 6.70. The third-order valence-electron chi connectivity index (χ3n) is 5.87. The molecule has 27 heavy (non-hydrogen) atoms. The van der Waals surface area contributed by atoms with E-state index in [2.05, 4.69) is 23.5 Å². The quantitative estimate of drug-likeness (QED) is 0.853. The van der Waals surface area contributed by atoms with Gasteiger partial charge in [-0.25, -0.2) is 0 Å². The number of amides is 2. The van der Waals surface area contributed by atoms with Crippen molar-refractivity contribution < 1.29 is 9.59 Å². The van der Waals surface area contributed by atoms with Gasteiger partial charge in [0.25, 0.3) is 0 Å². The Morgan fingerprint density at radius 2 is 1.78 bits per heavy atom. The van der Waals surface area contributed by atoms with Crippen molar-refractivity contribution in [2.45, 2.75) is 58.4 Å². The minimum atomic E-state index is -0.425. The lowest BCUT2D eigenvalue weighted by atomic mass is 9.88. The van der Waals surface area contributed by atoms with Gasteiger partial charge in [0.05, 0.1) is 0 Å². The molecule has 4 nitrogen and oxygen atoms in total. The first-order chi connectivity index (χ1) is 13.1. The average molecular weight is 369 g/mol. The van der Waals surface area contributed by atoms with Crippen molar-refractivity contribution in [1.82, 2.24) is 10.2 Å². The number of rotatable bonds is 5. The van der Waals surface area contributed by atoms with Crippen molar-refractivity contribution in [2.24, 2.45) is 11.8 Å². The van der Waals surface area contributed by atoms with Crippen LogP contribution in [0.1, 0.15) is 57.9 Å². The molecule has 2 amide bonds. The van der Waals surface area contributed by atoms with Gasteiger partial charge in [-0.3, -0.25) is 9.59 Å². The van der Waals surface area contributed by atoms with Crippen LogP contribution in [-0.4, -0.2) is 35.8 Å². The van der Waals surface area contributed by atoms with Gasteiger partial charge in [0.1, 0.15) is 6.04 Å². The van der Waals surface area contributed by atoms with Crippen molar-refractivity contribution in [3.05, 3.63) is 42.0 Å². The standard InChI is InChI=1S/C23H32N2O2/c1-17(2)21(24-22(26)20-11-7-4-8-12-20)23(27)25-15-13-19(14-16-25)18-9-5-3-6-10-18/h3,5-6,9-10,13,17,20-21H,4,7-8,11-12,14-16H2,1-2H3,(H,24,26). The average Bonchev–Trinajstić information content (AvgIpc) is 2.72. The molecule has 1 heterocycles. The molecule has 1 atom stereocenters. The van der Waals surface area contributed by atoms with Crippen LogP contribution in [0.25, 0.3) is 5.57 Å². The van der Waals surface area contributed by atoms with E-state index in [1.165, 1.54) is 17.6 Å². The highest BCUT2D eigenvalue weighted by Gasteiger charge is 2.31. The maximum atomic E-state index is 13.1. The maximum Gasteiger partial charge on any atom is 0.245 e. The van der Waals surface area contributed by atoms with Crippen LogP contribution in [0, 0.1) is 11.8 Å². The SMILES string of the molecule is CC(C)C(NC(=O)C1CCCCC1)C(=O)N1CC=C(c2ccccc2)CC1. The van der Waals surface area contributed by atoms with Gasteiger partial charge in [-0.1, -0.05) is 69.5 Å². The lowest BCUT2D eigenvalue weighted by Crippen LogP contribution is -2.53. The largest absolute Gasteiger partial charge is 0.344 e. The smallest absolute Gasteiger partial charge is 0.245 e. The number of nitrogens with one attached hydrogen (secondary N) is 1. The molecule has 1 aromatic carbocycles. The van der Waals surface area contributed by atoms with E-state index in [4.69, 9.17) is 0 Å². The molecule has 2 aliphatic rings. The molecular weight excluding hydrogens is 336 g/mol. The maximum absolute atomic E-state index is 13.1. The fourth-order valence-electron chi connectivity index (χ4n) is 4.13. The molecule has 1 saturated carbocycles. The summed E-state index contributed by atoms with van der Waals surface area (Å²) in [4.78, 5) is 27.6. The van der Waals surface area contributed by atoms with E-state index in [-0.39, 0.29) is 23.7 Å². The molecule has 1 N–H and O–H groups in total. The molecule has 0 aromatic heterocycles. The molecule has 0 saturated heterocycles. The van der Waals surface area contributed by atoms with Crippen LogP contribution in [0.2, 0.25) is 0 Å². The molecule has 146 valence electrons. The lowest BCUT2D eigenvalue weighted by Gasteiger charge is -2.33. The lowest BCUT2D eigenvalue weighted by molar-refractivity contribution is -0.138. The normalized spacial score (nSPS) is 19.5. The Morgan fingerprint density at radius 1 is 1.07 bits per heavy atom. The summed E-state index contributed by atoms with van der Waals surface area (Å²) in [5.41, 5.74) is 2.53. The minimum absolute atomic E-state index is 0.0533. The number of carbonyl (C=O) groups is 2. The third-order valence-corrected chi connectivity index (χ3v) is 5.87. The molecule has 1 aliphatic carbocycles. The van der Waals surface area contributed by atoms with Gasteiger partial charge in [0.2, 0.25) is 11.8 Å². The van der Waals surface area contributed by atoms with E-state index < -0.39 is 6.04 Å². The summed E-state index contributed by atoms with van der Waals surface area (Å²) in [5, 5.41) is 3.08. The van der Waals surface area contributed by atoms with Gasteiger partial charge in [-0.15, -0.1) is 0 Å². The molecule has 4 heteroatoms. The first-order valence-electron chi connectivity index (χ1n) is 10.4. The molecule has 0 spiro atoms. The summed E-state index contributed by atoms with van der Waals surface area (Å²) in [7, 11) is 0. The van der Waals surface area contributed by atoms with Crippen LogP contribution in [0.5, 0.6) is 0 Å². The highest BCUT2D eigenvalue weighted by atomic mass is 16.2. The fraction of sp³-hybridized carbons (Fsp3) is 0.565. The predicted molar refractivity (Wildman–Crippen MR) is 109 cm³/mol. The van der Waals surface area contributed by atoms with Crippen molar-refractivity contribution in [2.75, 3.05) is 13.1 Å². The number of nitrogens with zero attached hydrogens (tertiary/aromatic N) is 1. The summed E-state index contributed by atoms with van der Waals surface area (Å²) >= 11 is 0. The van der Waals surface area contributed by atoms with E-state index in [1.807, 2.05) is 36.9 Å². The van der Waals surface area contributed by atoms with Crippen molar-refractivity contribution in [3.63, 3.8) is 0 Å². The fourth-order valence-corrected chi connectivity index (χ4v) is 4.13. The number of hydrogen-bond acceptors (Lipinski definition) is 2. The van der Waals surface area contributed by atoms with Crippen LogP contribution < -0.4 is 5.32 Å². The summed E-state index contributed by atoms with van der Waals surface area (Å²) in [6.45, 7) is 5.35. The molecule has 1 unspecified atom stereocenters. The Bertz CT molecular complexity index is 675. The van der Waals surface area contributed by atoms with Gasteiger partial charge in [0, 0.05) is 19.0 Å². The van der Waals surface area contributed by atoms with E-state index >= 15 is 0 Å². The van der Waals surface area contributed by atoms with E-state index in [9.17, 15) is 9.59 Å². The summed E-state index contributed by atoms with van der Waals surface area (Å²) in [6.07, 6.45) is 8.39. The van der Waals surface area contributed by atoms with E-state index in [0.29, 0.717) is 13.1 Å². The second-order valence-corrected chi connectivity index (χ2v) is 8.19. The van der Waals surface area contributed by atoms with E-state index in [1.54, 1.807) is 0 Å². The number of hydrogen-bond donors (Lipinski definition) is 1. The van der Waals surface area contributed by atoms with Crippen LogP contribution >= 0.6 is 0 Å². The topological polar surface area (TPSA) is 49.4 Å². The van der Waals surface area contributed by atoms with Crippen molar-refractivity contribution in [1.29, 1.82) is 0 Å².